The molecular weight excluding hydrogens is 428 g/mol. The highest BCUT2D eigenvalue weighted by Gasteiger charge is 2.85. The smallest absolute Gasteiger partial charge is 0.216 e. The molecule has 6 fully saturated rings. The Kier molecular flexibility index (Phi) is 4.87. The first-order valence-corrected chi connectivity index (χ1v) is 13.9. The molecule has 1 amide bonds. The van der Waals surface area contributed by atoms with E-state index in [1.807, 2.05) is 0 Å². The Morgan fingerprint density at radius 2 is 1.74 bits per heavy atom. The minimum atomic E-state index is -0.677. The standard InChI is InChI=1S/C28H46N2O4/c1-15-12-17(13-30-16(2)31)34-22-21(15)25(5)10-11-27-14-26(27)9-8-20(32)24(3,4)18(26)6-7-19(27)28(25,29)23(22)33/h15,17-23,32-33H,6-14,29H2,1-5H3,(H,30,31)/t15-,17?,18+,19?,20+,21+,22?,23+,25?,26?,27+,28+/m1/s1. The van der Waals surface area contributed by atoms with Gasteiger partial charge in [-0.15, -0.1) is 0 Å². The van der Waals surface area contributed by atoms with E-state index in [9.17, 15) is 15.0 Å². The zero-order valence-electron chi connectivity index (χ0n) is 21.8. The Labute approximate surface area is 204 Å². The Morgan fingerprint density at radius 1 is 1.06 bits per heavy atom. The lowest BCUT2D eigenvalue weighted by Crippen LogP contribution is -2.70. The fourth-order valence-electron chi connectivity index (χ4n) is 11.4. The molecule has 1 aliphatic heterocycles. The summed E-state index contributed by atoms with van der Waals surface area (Å²) in [5.41, 5.74) is 7.23. The van der Waals surface area contributed by atoms with Crippen molar-refractivity contribution in [2.45, 2.75) is 116 Å². The molecule has 6 rings (SSSR count). The van der Waals surface area contributed by atoms with E-state index in [2.05, 4.69) is 33.0 Å². The van der Waals surface area contributed by atoms with Crippen molar-refractivity contribution in [2.75, 3.05) is 6.54 Å². The van der Waals surface area contributed by atoms with Gasteiger partial charge in [0.1, 0.15) is 0 Å². The van der Waals surface area contributed by atoms with Crippen LogP contribution in [0.1, 0.15) is 86.0 Å². The fraction of sp³-hybridized carbons (Fsp3) is 0.964. The number of rotatable bonds is 2. The molecule has 1 saturated heterocycles. The highest BCUT2D eigenvalue weighted by atomic mass is 16.5. The van der Waals surface area contributed by atoms with Crippen LogP contribution in [0.15, 0.2) is 0 Å². The van der Waals surface area contributed by atoms with E-state index < -0.39 is 11.6 Å². The molecule has 5 N–H and O–H groups in total. The van der Waals surface area contributed by atoms with Gasteiger partial charge in [0.25, 0.3) is 0 Å². The molecule has 5 unspecified atom stereocenters. The molecule has 2 spiro atoms. The third kappa shape index (κ3) is 2.55. The first-order chi connectivity index (χ1) is 15.8. The average Bonchev–Trinajstić information content (AvgIpc) is 3.40. The average molecular weight is 475 g/mol. The van der Waals surface area contributed by atoms with E-state index in [1.165, 1.54) is 19.8 Å². The number of aliphatic hydroxyl groups is 2. The molecule has 5 aliphatic carbocycles. The van der Waals surface area contributed by atoms with Gasteiger partial charge >= 0.3 is 0 Å². The number of amides is 1. The predicted octanol–water partition coefficient (Wildman–Crippen LogP) is 2.99. The molecule has 12 atom stereocenters. The Hall–Kier alpha value is -0.690. The summed E-state index contributed by atoms with van der Waals surface area (Å²) < 4.78 is 6.57. The minimum Gasteiger partial charge on any atom is -0.393 e. The summed E-state index contributed by atoms with van der Waals surface area (Å²) in [5, 5.41) is 25.8. The second kappa shape index (κ2) is 6.99. The van der Waals surface area contributed by atoms with Crippen LogP contribution in [0.3, 0.4) is 0 Å². The van der Waals surface area contributed by atoms with Crippen LogP contribution >= 0.6 is 0 Å². The van der Waals surface area contributed by atoms with Crippen molar-refractivity contribution in [3.63, 3.8) is 0 Å². The van der Waals surface area contributed by atoms with Crippen LogP contribution in [0, 0.1) is 45.3 Å². The van der Waals surface area contributed by atoms with Gasteiger partial charge in [-0.2, -0.15) is 0 Å². The molecule has 6 heteroatoms. The van der Waals surface area contributed by atoms with Crippen LogP contribution in [0.25, 0.3) is 0 Å². The number of hydrogen-bond acceptors (Lipinski definition) is 5. The molecule has 0 bridgehead atoms. The third-order valence-corrected chi connectivity index (χ3v) is 12.9. The topological polar surface area (TPSA) is 105 Å². The molecule has 0 aromatic carbocycles. The van der Waals surface area contributed by atoms with Crippen LogP contribution in [-0.2, 0) is 9.53 Å². The first kappa shape index (κ1) is 23.7. The summed E-state index contributed by atoms with van der Waals surface area (Å²) in [5.74, 6) is 1.46. The lowest BCUT2D eigenvalue weighted by atomic mass is 9.43. The van der Waals surface area contributed by atoms with Crippen molar-refractivity contribution < 1.29 is 19.7 Å². The zero-order valence-corrected chi connectivity index (χ0v) is 21.8. The van der Waals surface area contributed by atoms with Crippen molar-refractivity contribution >= 4 is 5.91 Å². The van der Waals surface area contributed by atoms with Gasteiger partial charge in [0.2, 0.25) is 5.91 Å². The summed E-state index contributed by atoms with van der Waals surface area (Å²) >= 11 is 0. The summed E-state index contributed by atoms with van der Waals surface area (Å²) in [6.45, 7) is 11.3. The molecule has 0 aromatic heterocycles. The quantitative estimate of drug-likeness (QED) is 0.493. The molecular formula is C28H46N2O4. The maximum Gasteiger partial charge on any atom is 0.216 e. The molecule has 192 valence electrons. The highest BCUT2D eigenvalue weighted by Crippen LogP contribution is 2.87. The van der Waals surface area contributed by atoms with Gasteiger partial charge in [-0.1, -0.05) is 27.7 Å². The number of hydrogen-bond donors (Lipinski definition) is 4. The Balaban J connectivity index is 1.34. The number of fused-ring (bicyclic) bond motifs is 4. The lowest BCUT2D eigenvalue weighted by Gasteiger charge is -2.63. The number of nitrogens with one attached hydrogen (secondary N) is 1. The number of aliphatic hydroxyl groups excluding tert-OH is 2. The van der Waals surface area contributed by atoms with Crippen LogP contribution in [0.2, 0.25) is 0 Å². The van der Waals surface area contributed by atoms with E-state index in [-0.39, 0.29) is 46.4 Å². The molecule has 6 aliphatic rings. The van der Waals surface area contributed by atoms with Gasteiger partial charge in [-0.05, 0) is 96.7 Å². The lowest BCUT2D eigenvalue weighted by molar-refractivity contribution is -0.152. The van der Waals surface area contributed by atoms with Gasteiger partial charge in [-0.3, -0.25) is 4.79 Å². The Morgan fingerprint density at radius 3 is 2.44 bits per heavy atom. The number of ether oxygens (including phenoxy) is 1. The second-order valence-electron chi connectivity index (χ2n) is 14.2. The van der Waals surface area contributed by atoms with Gasteiger partial charge in [0.15, 0.2) is 0 Å². The third-order valence-electron chi connectivity index (χ3n) is 12.9. The number of nitrogens with two attached hydrogens (primary N) is 1. The molecule has 6 nitrogen and oxygen atoms in total. The van der Waals surface area contributed by atoms with Gasteiger partial charge in [0, 0.05) is 13.5 Å². The van der Waals surface area contributed by atoms with E-state index in [1.54, 1.807) is 0 Å². The number of carbonyl (C=O) groups is 1. The Bertz CT molecular complexity index is 894. The van der Waals surface area contributed by atoms with Crippen LogP contribution < -0.4 is 11.1 Å². The molecule has 34 heavy (non-hydrogen) atoms. The molecule has 5 saturated carbocycles. The van der Waals surface area contributed by atoms with Crippen molar-refractivity contribution in [2.24, 2.45) is 51.1 Å². The highest BCUT2D eigenvalue weighted by molar-refractivity contribution is 5.72. The number of carbonyl (C=O) groups excluding carboxylic acids is 1. The van der Waals surface area contributed by atoms with E-state index in [4.69, 9.17) is 10.5 Å². The van der Waals surface area contributed by atoms with Crippen LogP contribution in [0.5, 0.6) is 0 Å². The maximum absolute atomic E-state index is 12.0. The molecule has 0 aromatic rings. The predicted molar refractivity (Wildman–Crippen MR) is 130 cm³/mol. The van der Waals surface area contributed by atoms with Crippen molar-refractivity contribution in [1.29, 1.82) is 0 Å². The van der Waals surface area contributed by atoms with Gasteiger partial charge in [0.05, 0.1) is 30.0 Å². The SMILES string of the molecule is CC(=O)NCC1C[C@@H](C)[C@H]2C(O1)[C@H](O)[C@@]1(N)C3CC[C@H]4C(C)(C)[C@@H](O)CCC45C[C@@]35CCC21C. The van der Waals surface area contributed by atoms with Crippen LogP contribution in [0.4, 0.5) is 0 Å². The van der Waals surface area contributed by atoms with Crippen molar-refractivity contribution in [3.8, 4) is 0 Å². The molecule has 0 radical (unpaired) electrons. The minimum absolute atomic E-state index is 0.0421. The summed E-state index contributed by atoms with van der Waals surface area (Å²) in [6, 6.07) is 0. The first-order valence-electron chi connectivity index (χ1n) is 13.9. The van der Waals surface area contributed by atoms with Crippen molar-refractivity contribution in [3.05, 3.63) is 0 Å². The largest absolute Gasteiger partial charge is 0.393 e. The van der Waals surface area contributed by atoms with Crippen LogP contribution in [-0.4, -0.2) is 52.6 Å². The van der Waals surface area contributed by atoms with Gasteiger partial charge in [-0.25, -0.2) is 0 Å². The van der Waals surface area contributed by atoms with E-state index in [0.717, 1.165) is 38.5 Å². The fourth-order valence-corrected chi connectivity index (χ4v) is 11.4. The monoisotopic (exact) mass is 474 g/mol. The van der Waals surface area contributed by atoms with E-state index >= 15 is 0 Å². The second-order valence-corrected chi connectivity index (χ2v) is 14.2. The summed E-state index contributed by atoms with van der Waals surface area (Å²) in [6.07, 6.45) is 7.32. The maximum atomic E-state index is 12.0. The van der Waals surface area contributed by atoms with Crippen molar-refractivity contribution in [1.82, 2.24) is 5.32 Å². The molecule has 1 heterocycles. The van der Waals surface area contributed by atoms with Gasteiger partial charge < -0.3 is 26.0 Å². The normalized spacial score (nSPS) is 59.1. The zero-order chi connectivity index (χ0) is 24.5. The van der Waals surface area contributed by atoms with E-state index in [0.29, 0.717) is 29.7 Å². The summed E-state index contributed by atoms with van der Waals surface area (Å²) in [7, 11) is 0. The summed E-state index contributed by atoms with van der Waals surface area (Å²) in [4.78, 5) is 11.5.